The summed E-state index contributed by atoms with van der Waals surface area (Å²) in [6.07, 6.45) is 16.0. The van der Waals surface area contributed by atoms with Gasteiger partial charge in [0.2, 0.25) is 0 Å². The zero-order valence-electron chi connectivity index (χ0n) is 21.4. The first kappa shape index (κ1) is 29.0. The van der Waals surface area contributed by atoms with E-state index in [4.69, 9.17) is 9.47 Å². The molecule has 0 N–H and O–H groups in total. The van der Waals surface area contributed by atoms with Crippen LogP contribution in [0.4, 0.5) is 0 Å². The van der Waals surface area contributed by atoms with Crippen molar-refractivity contribution in [3.8, 4) is 0 Å². The van der Waals surface area contributed by atoms with E-state index in [1.807, 2.05) is 18.2 Å². The Labute approximate surface area is 206 Å². The van der Waals surface area contributed by atoms with Crippen molar-refractivity contribution in [2.45, 2.75) is 78.0 Å². The summed E-state index contributed by atoms with van der Waals surface area (Å²) < 4.78 is 9.91. The number of esters is 1. The van der Waals surface area contributed by atoms with Gasteiger partial charge in [0.1, 0.15) is 0 Å². The number of carbonyl (C=O) groups excluding carboxylic acids is 1. The van der Waals surface area contributed by atoms with E-state index >= 15 is 0 Å². The van der Waals surface area contributed by atoms with E-state index in [2.05, 4.69) is 58.9 Å². The van der Waals surface area contributed by atoms with Crippen molar-refractivity contribution < 1.29 is 14.3 Å². The van der Waals surface area contributed by atoms with Crippen molar-refractivity contribution in [3.05, 3.63) is 76.4 Å². The van der Waals surface area contributed by atoms with E-state index in [1.165, 1.54) is 29.4 Å². The minimum atomic E-state index is -0.348. The SMILES string of the molecule is COCOC(=O)c1ccccc1SCC=C(C)CCC=C(C)CCC=C(C)CCC=C(C)C. The second kappa shape index (κ2) is 17.4. The first-order chi connectivity index (χ1) is 15.8. The van der Waals surface area contributed by atoms with Crippen LogP contribution >= 0.6 is 11.8 Å². The number of rotatable bonds is 15. The number of benzene rings is 1. The highest BCUT2D eigenvalue weighted by molar-refractivity contribution is 7.99. The van der Waals surface area contributed by atoms with Gasteiger partial charge in [-0.2, -0.15) is 0 Å². The molecule has 1 aromatic carbocycles. The molecule has 33 heavy (non-hydrogen) atoms. The van der Waals surface area contributed by atoms with Crippen molar-refractivity contribution in [2.75, 3.05) is 19.7 Å². The van der Waals surface area contributed by atoms with E-state index < -0.39 is 0 Å². The normalized spacial score (nSPS) is 12.6. The van der Waals surface area contributed by atoms with Crippen molar-refractivity contribution in [3.63, 3.8) is 0 Å². The van der Waals surface area contributed by atoms with Crippen molar-refractivity contribution in [1.82, 2.24) is 0 Å². The van der Waals surface area contributed by atoms with Crippen LogP contribution in [-0.4, -0.2) is 25.6 Å². The number of thioether (sulfide) groups is 1. The zero-order valence-corrected chi connectivity index (χ0v) is 22.2. The lowest BCUT2D eigenvalue weighted by Crippen LogP contribution is -2.08. The summed E-state index contributed by atoms with van der Waals surface area (Å²) >= 11 is 1.65. The van der Waals surface area contributed by atoms with Crippen LogP contribution < -0.4 is 0 Å². The molecule has 1 rings (SSSR count). The van der Waals surface area contributed by atoms with Crippen LogP contribution in [0.15, 0.2) is 75.8 Å². The summed E-state index contributed by atoms with van der Waals surface area (Å²) in [5.74, 6) is 0.485. The van der Waals surface area contributed by atoms with Crippen molar-refractivity contribution in [2.24, 2.45) is 0 Å². The van der Waals surface area contributed by atoms with Gasteiger partial charge in [-0.25, -0.2) is 4.79 Å². The van der Waals surface area contributed by atoms with Gasteiger partial charge in [-0.3, -0.25) is 0 Å². The third-order valence-corrected chi connectivity index (χ3v) is 6.24. The third-order valence-electron chi connectivity index (χ3n) is 5.24. The van der Waals surface area contributed by atoms with E-state index in [0.717, 1.165) is 49.2 Å². The average Bonchev–Trinajstić information content (AvgIpc) is 2.77. The minimum absolute atomic E-state index is 0.0318. The molecule has 0 amide bonds. The molecule has 1 aromatic rings. The predicted octanol–water partition coefficient (Wildman–Crippen LogP) is 8.69. The Morgan fingerprint density at radius 3 is 1.94 bits per heavy atom. The molecule has 0 aliphatic rings. The molecular formula is C29H42O3S. The van der Waals surface area contributed by atoms with Gasteiger partial charge in [0.25, 0.3) is 0 Å². The lowest BCUT2D eigenvalue weighted by molar-refractivity contribution is -0.0128. The topological polar surface area (TPSA) is 35.5 Å². The van der Waals surface area contributed by atoms with Crippen LogP contribution in [0.25, 0.3) is 0 Å². The smallest absolute Gasteiger partial charge is 0.341 e. The number of methoxy groups -OCH3 is 1. The maximum Gasteiger partial charge on any atom is 0.341 e. The minimum Gasteiger partial charge on any atom is -0.435 e. The average molecular weight is 471 g/mol. The molecule has 0 heterocycles. The molecule has 0 atom stereocenters. The number of carbonyl (C=O) groups is 1. The highest BCUT2D eigenvalue weighted by Gasteiger charge is 2.12. The predicted molar refractivity (Wildman–Crippen MR) is 143 cm³/mol. The van der Waals surface area contributed by atoms with Crippen LogP contribution in [0.3, 0.4) is 0 Å². The maximum absolute atomic E-state index is 12.2. The lowest BCUT2D eigenvalue weighted by atomic mass is 10.0. The fourth-order valence-electron chi connectivity index (χ4n) is 3.21. The number of ether oxygens (including phenoxy) is 2. The standard InChI is InChI=1S/C29H42O3S/c1-23(2)12-9-13-24(3)14-10-15-25(4)16-11-17-26(5)20-21-33-28-19-8-7-18-27(28)29(30)32-22-31-6/h7-8,12,14,16,18-20H,9-11,13,15,17,21-22H2,1-6H3. The Bertz CT molecular complexity index is 842. The van der Waals surface area contributed by atoms with Gasteiger partial charge in [-0.15, -0.1) is 11.8 Å². The second-order valence-electron chi connectivity index (χ2n) is 8.69. The van der Waals surface area contributed by atoms with Gasteiger partial charge in [0.15, 0.2) is 6.79 Å². The van der Waals surface area contributed by atoms with Gasteiger partial charge < -0.3 is 9.47 Å². The largest absolute Gasteiger partial charge is 0.435 e. The number of hydrogen-bond acceptors (Lipinski definition) is 4. The molecule has 0 spiro atoms. The van der Waals surface area contributed by atoms with Gasteiger partial charge in [0, 0.05) is 17.8 Å². The Balaban J connectivity index is 2.39. The third kappa shape index (κ3) is 14.0. The Hall–Kier alpha value is -2.04. The molecule has 0 aliphatic heterocycles. The molecule has 3 nitrogen and oxygen atoms in total. The van der Waals surface area contributed by atoms with Gasteiger partial charge >= 0.3 is 5.97 Å². The van der Waals surface area contributed by atoms with E-state index in [1.54, 1.807) is 17.8 Å². The van der Waals surface area contributed by atoms with E-state index in [9.17, 15) is 4.79 Å². The lowest BCUT2D eigenvalue weighted by Gasteiger charge is -2.08. The molecule has 0 fully saturated rings. The van der Waals surface area contributed by atoms with E-state index in [0.29, 0.717) is 5.56 Å². The first-order valence-electron chi connectivity index (χ1n) is 11.8. The van der Waals surface area contributed by atoms with Crippen molar-refractivity contribution in [1.29, 1.82) is 0 Å². The highest BCUT2D eigenvalue weighted by Crippen LogP contribution is 2.24. The van der Waals surface area contributed by atoms with Crippen LogP contribution in [0.2, 0.25) is 0 Å². The summed E-state index contributed by atoms with van der Waals surface area (Å²) in [4.78, 5) is 13.1. The Morgan fingerprint density at radius 1 is 0.818 bits per heavy atom. The summed E-state index contributed by atoms with van der Waals surface area (Å²) in [6, 6.07) is 7.55. The van der Waals surface area contributed by atoms with Crippen LogP contribution in [0, 0.1) is 0 Å². The summed E-state index contributed by atoms with van der Waals surface area (Å²) in [5, 5.41) is 0. The summed E-state index contributed by atoms with van der Waals surface area (Å²) in [7, 11) is 1.50. The Morgan fingerprint density at radius 2 is 1.36 bits per heavy atom. The summed E-state index contributed by atoms with van der Waals surface area (Å²) in [6.45, 7) is 10.9. The van der Waals surface area contributed by atoms with Crippen LogP contribution in [-0.2, 0) is 9.47 Å². The highest BCUT2D eigenvalue weighted by atomic mass is 32.2. The molecule has 0 saturated carbocycles. The molecule has 0 unspecified atom stereocenters. The molecule has 0 aromatic heterocycles. The molecule has 4 heteroatoms. The van der Waals surface area contributed by atoms with Gasteiger partial charge in [-0.05, 0) is 85.3 Å². The molecule has 182 valence electrons. The Kier molecular flexibility index (Phi) is 15.3. The second-order valence-corrected chi connectivity index (χ2v) is 9.76. The number of hydrogen-bond donors (Lipinski definition) is 0. The fourth-order valence-corrected chi connectivity index (χ4v) is 4.24. The zero-order chi connectivity index (χ0) is 24.5. The van der Waals surface area contributed by atoms with Crippen LogP contribution in [0.1, 0.15) is 83.5 Å². The van der Waals surface area contributed by atoms with Gasteiger partial charge in [0.05, 0.1) is 5.56 Å². The maximum atomic E-state index is 12.2. The van der Waals surface area contributed by atoms with Crippen LogP contribution in [0.5, 0.6) is 0 Å². The molecular weight excluding hydrogens is 428 g/mol. The van der Waals surface area contributed by atoms with Gasteiger partial charge in [-0.1, -0.05) is 58.7 Å². The van der Waals surface area contributed by atoms with E-state index in [-0.39, 0.29) is 12.8 Å². The van der Waals surface area contributed by atoms with Crippen molar-refractivity contribution >= 4 is 17.7 Å². The molecule has 0 bridgehead atoms. The molecule has 0 radical (unpaired) electrons. The quantitative estimate of drug-likeness (QED) is 0.111. The fraction of sp³-hybridized carbons (Fsp3) is 0.483. The monoisotopic (exact) mass is 470 g/mol. The summed E-state index contributed by atoms with van der Waals surface area (Å²) in [5.41, 5.74) is 6.32. The first-order valence-corrected chi connectivity index (χ1v) is 12.8. The molecule has 0 aliphatic carbocycles. The molecule has 0 saturated heterocycles. The number of allylic oxidation sites excluding steroid dienone is 7.